The normalized spacial score (nSPS) is 17.2. The van der Waals surface area contributed by atoms with Crippen LogP contribution in [0.25, 0.3) is 0 Å². The standard InChI is InChI=1S/C50H66N4O19S4/c1-49(2)40-34-38(76(64,65)66)15-17-42(40)52(23-32-74(58,59)60)44(49)13-5-10-37(11-6-14-45-50(3,4)41-35-39(77(67,68)69)16-18-43(41)53(45)24-33-75(61,62)63)12-7-25-73-36-46(55)51-21-8-26-70-28-30-72-31-29-71-27-9-22-54-47(56)19-20-48(54)57/h5-6,10-11,13-20,34-35H,7-9,12,21-33,36H2,1-4H3,(H4-,51,55,58,59,60,61,62,63,64,65,66,67,68,69)/p+1. The van der Waals surface area contributed by atoms with Gasteiger partial charge in [-0.05, 0) is 87.1 Å². The Morgan fingerprint density at radius 2 is 1.23 bits per heavy atom. The molecule has 0 saturated carbocycles. The first-order valence-electron chi connectivity index (χ1n) is 24.4. The first-order valence-corrected chi connectivity index (χ1v) is 30.5. The van der Waals surface area contributed by atoms with Crippen LogP contribution >= 0.6 is 0 Å². The van der Waals surface area contributed by atoms with Crippen molar-refractivity contribution in [2.75, 3.05) is 95.4 Å². The van der Waals surface area contributed by atoms with Crippen molar-refractivity contribution in [3.63, 3.8) is 0 Å². The minimum absolute atomic E-state index is 0.164. The van der Waals surface area contributed by atoms with Crippen molar-refractivity contribution >= 4 is 75.3 Å². The monoisotopic (exact) mass is 1160 g/mol. The number of allylic oxidation sites excluding steroid dienone is 8. The van der Waals surface area contributed by atoms with E-state index < -0.39 is 62.8 Å². The molecule has 27 heteroatoms. The van der Waals surface area contributed by atoms with Gasteiger partial charge in [0.05, 0.1) is 47.4 Å². The number of nitrogens with one attached hydrogen (secondary N) is 1. The van der Waals surface area contributed by atoms with Crippen LogP contribution in [0.4, 0.5) is 11.4 Å². The molecular weight excluding hydrogens is 1090 g/mol. The molecule has 5 N–H and O–H groups in total. The lowest BCUT2D eigenvalue weighted by atomic mass is 9.81. The first-order chi connectivity index (χ1) is 36.0. The van der Waals surface area contributed by atoms with E-state index in [1.807, 2.05) is 0 Å². The van der Waals surface area contributed by atoms with Crippen LogP contribution < -0.4 is 10.2 Å². The Balaban J connectivity index is 1.22. The largest absolute Gasteiger partial charge is 0.379 e. The fourth-order valence-electron chi connectivity index (χ4n) is 8.79. The maximum atomic E-state index is 12.6. The van der Waals surface area contributed by atoms with Crippen LogP contribution in [-0.4, -0.2) is 175 Å². The van der Waals surface area contributed by atoms with E-state index in [0.717, 1.165) is 4.90 Å². The van der Waals surface area contributed by atoms with Crippen LogP contribution in [-0.2, 0) is 84.6 Å². The molecule has 0 saturated heterocycles. The first kappa shape index (κ1) is 62.5. The molecule has 5 rings (SSSR count). The summed E-state index contributed by atoms with van der Waals surface area (Å²) in [6.45, 7) is 9.43. The molecule has 0 bridgehead atoms. The number of ether oxygens (including phenoxy) is 4. The Morgan fingerprint density at radius 3 is 1.84 bits per heavy atom. The lowest BCUT2D eigenvalue weighted by molar-refractivity contribution is -0.432. The second-order valence-electron chi connectivity index (χ2n) is 19.0. The van der Waals surface area contributed by atoms with Gasteiger partial charge in [0.1, 0.15) is 12.4 Å². The Labute approximate surface area is 450 Å². The molecule has 2 aromatic rings. The summed E-state index contributed by atoms with van der Waals surface area (Å²) in [4.78, 5) is 37.8. The maximum Gasteiger partial charge on any atom is 0.294 e. The third-order valence-electron chi connectivity index (χ3n) is 12.7. The molecule has 0 spiro atoms. The molecule has 2 aromatic carbocycles. The average Bonchev–Trinajstić information content (AvgIpc) is 3.86. The summed E-state index contributed by atoms with van der Waals surface area (Å²) < 4.78 is 159. The second kappa shape index (κ2) is 27.0. The minimum atomic E-state index is -4.60. The molecule has 0 atom stereocenters. The number of imide groups is 1. The fraction of sp³-hybridized carbons (Fsp3) is 0.480. The van der Waals surface area contributed by atoms with Crippen LogP contribution in [0.1, 0.15) is 64.5 Å². The Hall–Kier alpha value is -5.30. The maximum absolute atomic E-state index is 12.6. The molecule has 23 nitrogen and oxygen atoms in total. The van der Waals surface area contributed by atoms with Gasteiger partial charge in [0, 0.05) is 86.1 Å². The lowest BCUT2D eigenvalue weighted by Crippen LogP contribution is -2.31. The molecule has 0 radical (unpaired) electrons. The summed E-state index contributed by atoms with van der Waals surface area (Å²) in [5.74, 6) is -2.30. The third kappa shape index (κ3) is 18.4. The number of fused-ring (bicyclic) bond motifs is 2. The average molecular weight is 1160 g/mol. The van der Waals surface area contributed by atoms with Gasteiger partial charge < -0.3 is 29.2 Å². The van der Waals surface area contributed by atoms with Crippen molar-refractivity contribution in [3.8, 4) is 0 Å². The van der Waals surface area contributed by atoms with Crippen LogP contribution in [0.15, 0.2) is 106 Å². The van der Waals surface area contributed by atoms with E-state index in [9.17, 15) is 66.3 Å². The van der Waals surface area contributed by atoms with E-state index in [-0.39, 0.29) is 60.4 Å². The van der Waals surface area contributed by atoms with Crippen molar-refractivity contribution < 1.29 is 89.8 Å². The summed E-state index contributed by atoms with van der Waals surface area (Å²) in [7, 11) is -18.1. The molecule has 3 amide bonds. The second-order valence-corrected chi connectivity index (χ2v) is 25.0. The Kier molecular flexibility index (Phi) is 22.0. The van der Waals surface area contributed by atoms with Gasteiger partial charge in [0.2, 0.25) is 11.6 Å². The highest BCUT2D eigenvalue weighted by molar-refractivity contribution is 7.86. The summed E-state index contributed by atoms with van der Waals surface area (Å²) in [5.41, 5.74) is 1.73. The molecule has 0 unspecified atom stereocenters. The zero-order chi connectivity index (χ0) is 56.8. The van der Waals surface area contributed by atoms with E-state index in [1.165, 1.54) is 48.6 Å². The topological polar surface area (TPSA) is 327 Å². The van der Waals surface area contributed by atoms with Crippen molar-refractivity contribution in [1.29, 1.82) is 0 Å². The van der Waals surface area contributed by atoms with Crippen molar-refractivity contribution in [2.45, 2.75) is 74.0 Å². The van der Waals surface area contributed by atoms with Gasteiger partial charge in [-0.2, -0.15) is 38.2 Å². The number of hydrogen-bond donors (Lipinski definition) is 5. The molecule has 0 fully saturated rings. The highest BCUT2D eigenvalue weighted by atomic mass is 32.2. The van der Waals surface area contributed by atoms with E-state index >= 15 is 0 Å². The number of rotatable bonds is 32. The number of benzene rings is 2. The zero-order valence-corrected chi connectivity index (χ0v) is 46.5. The van der Waals surface area contributed by atoms with E-state index in [1.54, 1.807) is 73.6 Å². The molecule has 3 aliphatic heterocycles. The van der Waals surface area contributed by atoms with Crippen molar-refractivity contribution in [2.24, 2.45) is 0 Å². The predicted octanol–water partition coefficient (Wildman–Crippen LogP) is 3.72. The minimum Gasteiger partial charge on any atom is -0.379 e. The summed E-state index contributed by atoms with van der Waals surface area (Å²) in [6.07, 6.45) is 14.6. The van der Waals surface area contributed by atoms with Gasteiger partial charge in [-0.3, -0.25) is 37.5 Å². The zero-order valence-electron chi connectivity index (χ0n) is 43.2. The van der Waals surface area contributed by atoms with Crippen LogP contribution in [0.5, 0.6) is 0 Å². The smallest absolute Gasteiger partial charge is 0.294 e. The predicted molar refractivity (Wildman–Crippen MR) is 284 cm³/mol. The lowest BCUT2D eigenvalue weighted by Gasteiger charge is -2.26. The van der Waals surface area contributed by atoms with Crippen LogP contribution in [0.3, 0.4) is 0 Å². The molecule has 424 valence electrons. The molecule has 0 aliphatic carbocycles. The molecule has 0 aromatic heterocycles. The molecule has 3 aliphatic rings. The number of hydrogen-bond acceptors (Lipinski definition) is 16. The third-order valence-corrected chi connectivity index (χ3v) is 15.8. The quantitative estimate of drug-likeness (QED) is 0.0229. The van der Waals surface area contributed by atoms with Gasteiger partial charge in [-0.1, -0.05) is 38.2 Å². The number of carbonyl (C=O) groups is 3. The Bertz CT molecular complexity index is 3140. The number of anilines is 1. The number of nitrogens with zero attached hydrogens (tertiary/aromatic N) is 3. The van der Waals surface area contributed by atoms with Gasteiger partial charge in [0.25, 0.3) is 52.3 Å². The summed E-state index contributed by atoms with van der Waals surface area (Å²) >= 11 is 0. The van der Waals surface area contributed by atoms with Gasteiger partial charge >= 0.3 is 0 Å². The Morgan fingerprint density at radius 1 is 0.662 bits per heavy atom. The fourth-order valence-corrected chi connectivity index (χ4v) is 10.6. The van der Waals surface area contributed by atoms with E-state index in [2.05, 4.69) is 5.32 Å². The molecule has 3 heterocycles. The summed E-state index contributed by atoms with van der Waals surface area (Å²) in [6, 6.07) is 7.88. The van der Waals surface area contributed by atoms with Crippen molar-refractivity contribution in [3.05, 3.63) is 107 Å². The van der Waals surface area contributed by atoms with Gasteiger partial charge in [-0.15, -0.1) is 0 Å². The van der Waals surface area contributed by atoms with E-state index in [4.69, 9.17) is 18.9 Å². The van der Waals surface area contributed by atoms with Gasteiger partial charge in [-0.25, -0.2) is 0 Å². The van der Waals surface area contributed by atoms with Gasteiger partial charge in [0.15, 0.2) is 12.3 Å². The summed E-state index contributed by atoms with van der Waals surface area (Å²) in [5, 5.41) is 2.78. The number of carbonyl (C=O) groups excluding carboxylic acids is 3. The van der Waals surface area contributed by atoms with Crippen LogP contribution in [0.2, 0.25) is 0 Å². The SMILES string of the molecule is CC1(C)C(=CC=CC(=CC=CC2=[N+](CCS(=O)(=O)O)c3ccc(S(=O)(=O)O)cc3C2(C)C)CCCOCC(=O)NCCCOCCOCCOCCCN2C(=O)C=CC2=O)N(CCS(=O)(=O)O)c2ccc(S(=O)(=O)O)cc21. The highest BCUT2D eigenvalue weighted by Crippen LogP contribution is 2.48. The molecule has 77 heavy (non-hydrogen) atoms. The van der Waals surface area contributed by atoms with E-state index in [0.29, 0.717) is 111 Å². The highest BCUT2D eigenvalue weighted by Gasteiger charge is 2.45. The van der Waals surface area contributed by atoms with Crippen LogP contribution in [0, 0.1) is 0 Å². The molecular formula is C50H67N4O19S4+. The van der Waals surface area contributed by atoms with Crippen molar-refractivity contribution in [1.82, 2.24) is 10.2 Å². The number of amides is 3.